The molecular weight excluding hydrogens is 360 g/mol. The molecule has 0 spiro atoms. The highest BCUT2D eigenvalue weighted by Crippen LogP contribution is 2.25. The van der Waals surface area contributed by atoms with Crippen LogP contribution in [0.15, 0.2) is 0 Å². The lowest BCUT2D eigenvalue weighted by Gasteiger charge is -2.37. The summed E-state index contributed by atoms with van der Waals surface area (Å²) in [5, 5.41) is 12.6. The first-order chi connectivity index (χ1) is 13.1. The lowest BCUT2D eigenvalue weighted by Crippen LogP contribution is -2.57. The molecule has 2 rings (SSSR count). The van der Waals surface area contributed by atoms with E-state index in [-0.39, 0.29) is 11.3 Å². The Hall–Kier alpha value is -1.85. The van der Waals surface area contributed by atoms with Crippen molar-refractivity contribution in [3.63, 3.8) is 0 Å². The Kier molecular flexibility index (Phi) is 7.67. The number of rotatable bonds is 5. The standard InChI is InChI=1S/C20H34N4O4/c1-19(2,3)6-5-16(28-18(26)24-11-13-27-14-12-24)17(25)22-20(15-21)7-9-23(4)10-8-20/h16H,5-14H2,1-4H3,(H,22,25). The molecular formula is C20H34N4O4. The second kappa shape index (κ2) is 9.57. The van der Waals surface area contributed by atoms with E-state index < -0.39 is 17.7 Å². The number of carbonyl (C=O) groups excluding carboxylic acids is 2. The van der Waals surface area contributed by atoms with Crippen molar-refractivity contribution in [1.29, 1.82) is 5.26 Å². The number of piperidine rings is 1. The van der Waals surface area contributed by atoms with E-state index in [9.17, 15) is 14.9 Å². The maximum atomic E-state index is 13.0. The fourth-order valence-corrected chi connectivity index (χ4v) is 3.33. The quantitative estimate of drug-likeness (QED) is 0.763. The van der Waals surface area contributed by atoms with Crippen LogP contribution in [0.2, 0.25) is 0 Å². The number of likely N-dealkylation sites (tertiary alicyclic amines) is 1. The molecule has 1 atom stereocenters. The summed E-state index contributed by atoms with van der Waals surface area (Å²) in [5.74, 6) is -0.378. The van der Waals surface area contributed by atoms with E-state index in [1.807, 2.05) is 7.05 Å². The summed E-state index contributed by atoms with van der Waals surface area (Å²) in [6, 6.07) is 2.29. The van der Waals surface area contributed by atoms with Crippen molar-refractivity contribution in [3.8, 4) is 6.07 Å². The molecule has 2 amide bonds. The fourth-order valence-electron chi connectivity index (χ4n) is 3.33. The molecule has 0 bridgehead atoms. The molecule has 0 saturated carbocycles. The highest BCUT2D eigenvalue weighted by Gasteiger charge is 2.38. The first-order valence-corrected chi connectivity index (χ1v) is 10.1. The summed E-state index contributed by atoms with van der Waals surface area (Å²) in [6.07, 6.45) is 0.882. The van der Waals surface area contributed by atoms with Crippen molar-refractivity contribution in [2.45, 2.75) is 58.1 Å². The van der Waals surface area contributed by atoms with Crippen LogP contribution in [0.5, 0.6) is 0 Å². The molecule has 0 radical (unpaired) electrons. The molecule has 1 N–H and O–H groups in total. The largest absolute Gasteiger partial charge is 0.436 e. The van der Waals surface area contributed by atoms with Gasteiger partial charge in [-0.2, -0.15) is 5.26 Å². The maximum absolute atomic E-state index is 13.0. The van der Waals surface area contributed by atoms with E-state index in [1.54, 1.807) is 4.90 Å². The van der Waals surface area contributed by atoms with Crippen LogP contribution >= 0.6 is 0 Å². The smallest absolute Gasteiger partial charge is 0.410 e. The third-order valence-corrected chi connectivity index (χ3v) is 5.38. The molecule has 2 fully saturated rings. The Labute approximate surface area is 168 Å². The number of hydrogen-bond donors (Lipinski definition) is 1. The second-order valence-corrected chi connectivity index (χ2v) is 9.06. The molecule has 2 heterocycles. The molecule has 158 valence electrons. The van der Waals surface area contributed by atoms with Crippen molar-refractivity contribution >= 4 is 12.0 Å². The van der Waals surface area contributed by atoms with Crippen molar-refractivity contribution in [3.05, 3.63) is 0 Å². The van der Waals surface area contributed by atoms with Gasteiger partial charge in [0.25, 0.3) is 5.91 Å². The van der Waals surface area contributed by atoms with E-state index >= 15 is 0 Å². The molecule has 0 aromatic carbocycles. The number of hydrogen-bond acceptors (Lipinski definition) is 6. The van der Waals surface area contributed by atoms with Crippen LogP contribution < -0.4 is 5.32 Å². The Morgan fingerprint density at radius 2 is 1.82 bits per heavy atom. The Morgan fingerprint density at radius 1 is 1.21 bits per heavy atom. The lowest BCUT2D eigenvalue weighted by molar-refractivity contribution is -0.132. The second-order valence-electron chi connectivity index (χ2n) is 9.06. The van der Waals surface area contributed by atoms with Gasteiger partial charge in [0.05, 0.1) is 19.3 Å². The number of nitriles is 1. The first-order valence-electron chi connectivity index (χ1n) is 10.1. The molecule has 0 aromatic heterocycles. The summed E-state index contributed by atoms with van der Waals surface area (Å²) in [6.45, 7) is 9.60. The summed E-state index contributed by atoms with van der Waals surface area (Å²) in [4.78, 5) is 29.2. The molecule has 0 aromatic rings. The van der Waals surface area contributed by atoms with Crippen LogP contribution in [0.1, 0.15) is 46.5 Å². The molecule has 1 unspecified atom stereocenters. The highest BCUT2D eigenvalue weighted by atomic mass is 16.6. The van der Waals surface area contributed by atoms with Gasteiger partial charge in [0, 0.05) is 26.2 Å². The predicted octanol–water partition coefficient (Wildman–Crippen LogP) is 1.75. The summed E-state index contributed by atoms with van der Waals surface area (Å²) >= 11 is 0. The predicted molar refractivity (Wildman–Crippen MR) is 105 cm³/mol. The molecule has 0 aliphatic carbocycles. The summed E-state index contributed by atoms with van der Waals surface area (Å²) < 4.78 is 10.9. The average molecular weight is 395 g/mol. The average Bonchev–Trinajstić information content (AvgIpc) is 2.66. The van der Waals surface area contributed by atoms with E-state index in [0.29, 0.717) is 45.6 Å². The summed E-state index contributed by atoms with van der Waals surface area (Å²) in [7, 11) is 2.00. The molecule has 28 heavy (non-hydrogen) atoms. The van der Waals surface area contributed by atoms with Crippen LogP contribution in [0.3, 0.4) is 0 Å². The zero-order valence-electron chi connectivity index (χ0n) is 17.6. The van der Waals surface area contributed by atoms with Gasteiger partial charge >= 0.3 is 6.09 Å². The molecule has 2 aliphatic rings. The Morgan fingerprint density at radius 3 is 2.36 bits per heavy atom. The SMILES string of the molecule is CN1CCC(C#N)(NC(=O)C(CCC(C)(C)C)OC(=O)N2CCOCC2)CC1. The topological polar surface area (TPSA) is 94.9 Å². The zero-order chi connectivity index (χ0) is 20.8. The lowest BCUT2D eigenvalue weighted by atomic mass is 9.87. The van der Waals surface area contributed by atoms with Crippen molar-refractivity contribution in [2.24, 2.45) is 5.41 Å². The maximum Gasteiger partial charge on any atom is 0.410 e. The van der Waals surface area contributed by atoms with E-state index in [2.05, 4.69) is 37.1 Å². The van der Waals surface area contributed by atoms with Gasteiger partial charge < -0.3 is 24.6 Å². The third-order valence-electron chi connectivity index (χ3n) is 5.38. The minimum Gasteiger partial charge on any atom is -0.436 e. The molecule has 2 aliphatic heterocycles. The number of morpholine rings is 1. The van der Waals surface area contributed by atoms with Gasteiger partial charge in [0.2, 0.25) is 0 Å². The van der Waals surface area contributed by atoms with Gasteiger partial charge in [0.1, 0.15) is 5.54 Å². The van der Waals surface area contributed by atoms with Gasteiger partial charge in [0.15, 0.2) is 6.10 Å². The van der Waals surface area contributed by atoms with Crippen LogP contribution in [0, 0.1) is 16.7 Å². The normalized spacial score (nSPS) is 21.5. The number of nitrogens with one attached hydrogen (secondary N) is 1. The third kappa shape index (κ3) is 6.64. The van der Waals surface area contributed by atoms with E-state index in [1.165, 1.54) is 0 Å². The molecule has 2 saturated heterocycles. The summed E-state index contributed by atoms with van der Waals surface area (Å²) in [5.41, 5.74) is -0.890. The minimum atomic E-state index is -0.903. The van der Waals surface area contributed by atoms with E-state index in [0.717, 1.165) is 19.5 Å². The van der Waals surface area contributed by atoms with Crippen molar-refractivity contribution in [1.82, 2.24) is 15.1 Å². The van der Waals surface area contributed by atoms with Crippen LogP contribution in [0.4, 0.5) is 4.79 Å². The fraction of sp³-hybridized carbons (Fsp3) is 0.850. The highest BCUT2D eigenvalue weighted by molar-refractivity contribution is 5.84. The van der Waals surface area contributed by atoms with Gasteiger partial charge in [-0.05, 0) is 38.1 Å². The van der Waals surface area contributed by atoms with Crippen LogP contribution in [0.25, 0.3) is 0 Å². The molecule has 8 nitrogen and oxygen atoms in total. The number of ether oxygens (including phenoxy) is 2. The van der Waals surface area contributed by atoms with Crippen LogP contribution in [-0.4, -0.2) is 79.9 Å². The van der Waals surface area contributed by atoms with Gasteiger partial charge in [-0.15, -0.1) is 0 Å². The Balaban J connectivity index is 2.05. The monoisotopic (exact) mass is 394 g/mol. The van der Waals surface area contributed by atoms with E-state index in [4.69, 9.17) is 9.47 Å². The van der Waals surface area contributed by atoms with Gasteiger partial charge in [-0.3, -0.25) is 4.79 Å². The number of carbonyl (C=O) groups is 2. The van der Waals surface area contributed by atoms with Crippen molar-refractivity contribution in [2.75, 3.05) is 46.4 Å². The van der Waals surface area contributed by atoms with Gasteiger partial charge in [-0.1, -0.05) is 20.8 Å². The zero-order valence-corrected chi connectivity index (χ0v) is 17.6. The minimum absolute atomic E-state index is 0.00433. The molecule has 8 heteroatoms. The number of amides is 2. The first kappa shape index (κ1) is 22.4. The number of nitrogens with zero attached hydrogens (tertiary/aromatic N) is 3. The Bertz CT molecular complexity index is 582. The van der Waals surface area contributed by atoms with Crippen molar-refractivity contribution < 1.29 is 19.1 Å². The van der Waals surface area contributed by atoms with Crippen LogP contribution in [-0.2, 0) is 14.3 Å². The van der Waals surface area contributed by atoms with Gasteiger partial charge in [-0.25, -0.2) is 4.79 Å².